The van der Waals surface area contributed by atoms with Crippen molar-refractivity contribution in [1.82, 2.24) is 19.6 Å². The Morgan fingerprint density at radius 3 is 2.47 bits per heavy atom. The van der Waals surface area contributed by atoms with Crippen molar-refractivity contribution in [2.24, 2.45) is 0 Å². The molecule has 0 unspecified atom stereocenters. The summed E-state index contributed by atoms with van der Waals surface area (Å²) >= 11 is 6.45. The van der Waals surface area contributed by atoms with Gasteiger partial charge in [-0.3, -0.25) is 9.69 Å². The normalized spacial score (nSPS) is 15.4. The number of rotatable bonds is 9. The Hall–Kier alpha value is -2.15. The van der Waals surface area contributed by atoms with Gasteiger partial charge in [0.05, 0.1) is 18.4 Å². The molecule has 1 saturated heterocycles. The molecule has 0 N–H and O–H groups in total. The molecule has 0 saturated carbocycles. The lowest BCUT2D eigenvalue weighted by atomic mass is 10.2. The summed E-state index contributed by atoms with van der Waals surface area (Å²) in [6.07, 6.45) is 6.11. The number of aromatic nitrogens is 2. The van der Waals surface area contributed by atoms with Crippen LogP contribution in [0.2, 0.25) is 5.02 Å². The van der Waals surface area contributed by atoms with Gasteiger partial charge in [0.25, 0.3) is 5.56 Å². The fourth-order valence-electron chi connectivity index (χ4n) is 3.69. The van der Waals surface area contributed by atoms with E-state index >= 15 is 0 Å². The summed E-state index contributed by atoms with van der Waals surface area (Å²) in [6.45, 7) is 12.0. The van der Waals surface area contributed by atoms with Crippen LogP contribution in [0.3, 0.4) is 0 Å². The Bertz CT molecular complexity index is 871. The standard InChI is InChI=1S/C23H32ClN5O/c1-3-26(4-2)15-18-29-23(30)22(24)21(19-25-29)28-16-13-27(14-17-28)12-8-11-20-9-6-5-7-10-20/h5-11,19H,3-4,12-18H2,1-2H3. The van der Waals surface area contributed by atoms with Gasteiger partial charge < -0.3 is 9.80 Å². The lowest BCUT2D eigenvalue weighted by Gasteiger charge is -2.35. The van der Waals surface area contributed by atoms with Crippen molar-refractivity contribution < 1.29 is 0 Å². The highest BCUT2D eigenvalue weighted by Crippen LogP contribution is 2.22. The largest absolute Gasteiger partial charge is 0.366 e. The van der Waals surface area contributed by atoms with Crippen LogP contribution in [0.25, 0.3) is 6.08 Å². The third kappa shape index (κ3) is 5.94. The fraction of sp³-hybridized carbons (Fsp3) is 0.478. The summed E-state index contributed by atoms with van der Waals surface area (Å²) in [7, 11) is 0. The maximum atomic E-state index is 12.7. The van der Waals surface area contributed by atoms with E-state index in [0.29, 0.717) is 6.54 Å². The van der Waals surface area contributed by atoms with Crippen molar-refractivity contribution in [2.45, 2.75) is 20.4 Å². The van der Waals surface area contributed by atoms with Crippen molar-refractivity contribution in [3.8, 4) is 0 Å². The highest BCUT2D eigenvalue weighted by molar-refractivity contribution is 6.33. The van der Waals surface area contributed by atoms with Crippen LogP contribution >= 0.6 is 11.6 Å². The highest BCUT2D eigenvalue weighted by Gasteiger charge is 2.20. The molecule has 162 valence electrons. The molecule has 6 nitrogen and oxygen atoms in total. The van der Waals surface area contributed by atoms with Crippen LogP contribution in [0.15, 0.2) is 47.4 Å². The minimum Gasteiger partial charge on any atom is -0.366 e. The average Bonchev–Trinajstić information content (AvgIpc) is 2.78. The van der Waals surface area contributed by atoms with E-state index < -0.39 is 0 Å². The van der Waals surface area contributed by atoms with E-state index in [1.165, 1.54) is 10.2 Å². The second-order valence-corrected chi connectivity index (χ2v) is 7.88. The quantitative estimate of drug-likeness (QED) is 0.613. The monoisotopic (exact) mass is 429 g/mol. The molecule has 1 aliphatic rings. The molecule has 1 aromatic carbocycles. The van der Waals surface area contributed by atoms with E-state index in [1.54, 1.807) is 6.20 Å². The van der Waals surface area contributed by atoms with Gasteiger partial charge in [-0.1, -0.05) is 67.9 Å². The maximum absolute atomic E-state index is 12.7. The molecule has 7 heteroatoms. The van der Waals surface area contributed by atoms with E-state index in [2.05, 4.69) is 57.9 Å². The number of halogens is 1. The molecule has 0 bridgehead atoms. The molecule has 0 amide bonds. The van der Waals surface area contributed by atoms with Crippen LogP contribution in [0.4, 0.5) is 5.69 Å². The SMILES string of the molecule is CCN(CC)CCn1ncc(N2CCN(CC=Cc3ccccc3)CC2)c(Cl)c1=O. The summed E-state index contributed by atoms with van der Waals surface area (Å²) in [5.74, 6) is 0. The van der Waals surface area contributed by atoms with Crippen LogP contribution in [0.5, 0.6) is 0 Å². The molecular weight excluding hydrogens is 398 g/mol. The van der Waals surface area contributed by atoms with Crippen molar-refractivity contribution in [3.05, 3.63) is 63.5 Å². The zero-order chi connectivity index (χ0) is 21.3. The Balaban J connectivity index is 1.54. The minimum absolute atomic E-state index is 0.199. The van der Waals surface area contributed by atoms with Gasteiger partial charge >= 0.3 is 0 Å². The Morgan fingerprint density at radius 1 is 1.10 bits per heavy atom. The molecule has 0 atom stereocenters. The predicted molar refractivity (Wildman–Crippen MR) is 125 cm³/mol. The van der Waals surface area contributed by atoms with Gasteiger partial charge in [0.15, 0.2) is 0 Å². The van der Waals surface area contributed by atoms with Crippen LogP contribution in [0, 0.1) is 0 Å². The fourth-order valence-corrected chi connectivity index (χ4v) is 3.95. The Labute approximate surface area is 184 Å². The topological polar surface area (TPSA) is 44.6 Å². The third-order valence-corrected chi connectivity index (χ3v) is 6.03. The lowest BCUT2D eigenvalue weighted by Crippen LogP contribution is -2.47. The molecule has 2 heterocycles. The highest BCUT2D eigenvalue weighted by atomic mass is 35.5. The second-order valence-electron chi connectivity index (χ2n) is 7.50. The lowest BCUT2D eigenvalue weighted by molar-refractivity contribution is 0.281. The van der Waals surface area contributed by atoms with Gasteiger partial charge in [0.2, 0.25) is 0 Å². The number of nitrogens with zero attached hydrogens (tertiary/aromatic N) is 5. The number of hydrogen-bond donors (Lipinski definition) is 0. The van der Waals surface area contributed by atoms with Crippen molar-refractivity contribution >= 4 is 23.4 Å². The first-order valence-corrected chi connectivity index (χ1v) is 11.2. The zero-order valence-electron chi connectivity index (χ0n) is 18.0. The van der Waals surface area contributed by atoms with Crippen molar-refractivity contribution in [3.63, 3.8) is 0 Å². The molecule has 1 aromatic heterocycles. The molecule has 30 heavy (non-hydrogen) atoms. The number of anilines is 1. The van der Waals surface area contributed by atoms with Crippen LogP contribution < -0.4 is 10.5 Å². The number of hydrogen-bond acceptors (Lipinski definition) is 5. The van der Waals surface area contributed by atoms with Gasteiger partial charge in [-0.2, -0.15) is 5.10 Å². The van der Waals surface area contributed by atoms with E-state index in [9.17, 15) is 4.79 Å². The van der Waals surface area contributed by atoms with E-state index in [4.69, 9.17) is 11.6 Å². The summed E-state index contributed by atoms with van der Waals surface area (Å²) in [4.78, 5) is 19.5. The molecule has 0 aliphatic carbocycles. The van der Waals surface area contributed by atoms with Crippen LogP contribution in [-0.4, -0.2) is 71.9 Å². The first kappa shape index (κ1) is 22.5. The summed E-state index contributed by atoms with van der Waals surface area (Å²) in [5.41, 5.74) is 1.77. The van der Waals surface area contributed by atoms with E-state index in [-0.39, 0.29) is 10.6 Å². The smallest absolute Gasteiger partial charge is 0.287 e. The Morgan fingerprint density at radius 2 is 1.80 bits per heavy atom. The van der Waals surface area contributed by atoms with Crippen molar-refractivity contribution in [2.75, 3.05) is 57.3 Å². The van der Waals surface area contributed by atoms with Crippen molar-refractivity contribution in [1.29, 1.82) is 0 Å². The summed E-state index contributed by atoms with van der Waals surface area (Å²) in [5, 5.41) is 4.66. The molecule has 1 fully saturated rings. The van der Waals surface area contributed by atoms with Gasteiger partial charge in [-0.05, 0) is 18.7 Å². The summed E-state index contributed by atoms with van der Waals surface area (Å²) in [6, 6.07) is 10.3. The molecule has 1 aliphatic heterocycles. The minimum atomic E-state index is -0.199. The summed E-state index contributed by atoms with van der Waals surface area (Å²) < 4.78 is 1.48. The van der Waals surface area contributed by atoms with Gasteiger partial charge in [-0.25, -0.2) is 4.68 Å². The Kier molecular flexibility index (Phi) is 8.49. The molecule has 0 radical (unpaired) electrons. The molecular formula is C23H32ClN5O. The maximum Gasteiger partial charge on any atom is 0.287 e. The van der Waals surface area contributed by atoms with Gasteiger partial charge in [0.1, 0.15) is 5.02 Å². The zero-order valence-corrected chi connectivity index (χ0v) is 18.8. The molecule has 2 aromatic rings. The van der Waals surface area contributed by atoms with Crippen LogP contribution in [-0.2, 0) is 6.54 Å². The first-order valence-electron chi connectivity index (χ1n) is 10.8. The number of likely N-dealkylation sites (N-methyl/N-ethyl adjacent to an activating group) is 1. The molecule has 3 rings (SSSR count). The number of piperazine rings is 1. The van der Waals surface area contributed by atoms with E-state index in [0.717, 1.165) is 58.0 Å². The first-order chi connectivity index (χ1) is 14.6. The van der Waals surface area contributed by atoms with Gasteiger partial charge in [-0.15, -0.1) is 0 Å². The number of benzene rings is 1. The molecule has 0 spiro atoms. The van der Waals surface area contributed by atoms with E-state index in [1.807, 2.05) is 18.2 Å². The van der Waals surface area contributed by atoms with Crippen LogP contribution in [0.1, 0.15) is 19.4 Å². The predicted octanol–water partition coefficient (Wildman–Crippen LogP) is 3.07. The van der Waals surface area contributed by atoms with Gasteiger partial charge in [0, 0.05) is 39.3 Å². The second kappa shape index (κ2) is 11.3. The third-order valence-electron chi connectivity index (χ3n) is 5.68. The average molecular weight is 430 g/mol.